The van der Waals surface area contributed by atoms with Crippen molar-refractivity contribution in [3.05, 3.63) is 0 Å². The summed E-state index contributed by atoms with van der Waals surface area (Å²) < 4.78 is 95.0. The Kier molecular flexibility index (Phi) is 6.35. The molecule has 148 valence electrons. The normalized spacial score (nSPS) is 32.6. The first-order chi connectivity index (χ1) is 11.6. The second-order valence-electron chi connectivity index (χ2n) is 7.24. The molecule has 0 spiro atoms. The van der Waals surface area contributed by atoms with E-state index in [9.17, 15) is 26.3 Å². The van der Waals surface area contributed by atoms with Crippen LogP contribution in [0.1, 0.15) is 51.4 Å². The molecular weight excluding hydrogens is 350 g/mol. The fourth-order valence-corrected chi connectivity index (χ4v) is 5.00. The topological polar surface area (TPSA) is 18.5 Å². The fourth-order valence-electron chi connectivity index (χ4n) is 5.00. The Bertz CT molecular complexity index is 412. The molecule has 0 saturated heterocycles. The minimum atomic E-state index is -5.37. The number of rotatable bonds is 4. The molecule has 2 atom stereocenters. The van der Waals surface area contributed by atoms with E-state index in [2.05, 4.69) is 0 Å². The van der Waals surface area contributed by atoms with Crippen LogP contribution in [0, 0.1) is 17.3 Å². The van der Waals surface area contributed by atoms with E-state index in [-0.39, 0.29) is 44.6 Å². The van der Waals surface area contributed by atoms with Gasteiger partial charge < -0.3 is 9.47 Å². The second-order valence-corrected chi connectivity index (χ2v) is 7.24. The van der Waals surface area contributed by atoms with Gasteiger partial charge in [0.05, 0.1) is 12.2 Å². The summed E-state index contributed by atoms with van der Waals surface area (Å²) in [6.07, 6.45) is -10.7. The lowest BCUT2D eigenvalue weighted by Crippen LogP contribution is -2.63. The lowest BCUT2D eigenvalue weighted by Gasteiger charge is -2.52. The summed E-state index contributed by atoms with van der Waals surface area (Å²) in [7, 11) is 2.65. The molecule has 0 aromatic heterocycles. The van der Waals surface area contributed by atoms with E-state index in [1.165, 1.54) is 14.2 Å². The molecule has 2 fully saturated rings. The van der Waals surface area contributed by atoms with Crippen LogP contribution in [0.4, 0.5) is 26.3 Å². The average molecular weight is 376 g/mol. The van der Waals surface area contributed by atoms with Crippen molar-refractivity contribution >= 4 is 0 Å². The maximum Gasteiger partial charge on any atom is 0.403 e. The smallest absolute Gasteiger partial charge is 0.381 e. The van der Waals surface area contributed by atoms with Gasteiger partial charge in [0.25, 0.3) is 0 Å². The van der Waals surface area contributed by atoms with Crippen LogP contribution in [0.3, 0.4) is 0 Å². The zero-order valence-corrected chi connectivity index (χ0v) is 14.6. The molecule has 2 rings (SSSR count). The van der Waals surface area contributed by atoms with Crippen molar-refractivity contribution in [2.75, 3.05) is 14.2 Å². The summed E-state index contributed by atoms with van der Waals surface area (Å²) >= 11 is 0. The van der Waals surface area contributed by atoms with Crippen molar-refractivity contribution in [3.8, 4) is 0 Å². The summed E-state index contributed by atoms with van der Waals surface area (Å²) in [4.78, 5) is 0. The molecule has 2 unspecified atom stereocenters. The van der Waals surface area contributed by atoms with Crippen molar-refractivity contribution in [2.24, 2.45) is 17.3 Å². The van der Waals surface area contributed by atoms with E-state index in [1.807, 2.05) is 0 Å². The molecular formula is C17H26F6O2. The van der Waals surface area contributed by atoms with Crippen molar-refractivity contribution in [1.29, 1.82) is 0 Å². The van der Waals surface area contributed by atoms with E-state index in [4.69, 9.17) is 9.47 Å². The molecule has 2 saturated carbocycles. The highest BCUT2D eigenvalue weighted by Crippen LogP contribution is 2.65. The van der Waals surface area contributed by atoms with Crippen LogP contribution in [0.15, 0.2) is 0 Å². The number of halogens is 6. The zero-order chi connectivity index (χ0) is 18.9. The minimum absolute atomic E-state index is 0.109. The molecule has 2 aliphatic carbocycles. The third kappa shape index (κ3) is 3.66. The van der Waals surface area contributed by atoms with Gasteiger partial charge >= 0.3 is 12.4 Å². The highest BCUT2D eigenvalue weighted by molar-refractivity contribution is 5.06. The third-order valence-electron chi connectivity index (χ3n) is 6.18. The van der Waals surface area contributed by atoms with E-state index in [1.54, 1.807) is 0 Å². The predicted octanol–water partition coefficient (Wildman–Crippen LogP) is 5.51. The van der Waals surface area contributed by atoms with Crippen molar-refractivity contribution in [2.45, 2.75) is 75.9 Å². The summed E-state index contributed by atoms with van der Waals surface area (Å²) in [5.74, 6) is -3.07. The van der Waals surface area contributed by atoms with Gasteiger partial charge in [-0.15, -0.1) is 0 Å². The van der Waals surface area contributed by atoms with Gasteiger partial charge in [0.15, 0.2) is 5.41 Å². The van der Waals surface area contributed by atoms with Gasteiger partial charge in [-0.1, -0.05) is 12.8 Å². The van der Waals surface area contributed by atoms with Gasteiger partial charge in [0.2, 0.25) is 0 Å². The zero-order valence-electron chi connectivity index (χ0n) is 14.6. The van der Waals surface area contributed by atoms with Gasteiger partial charge in [0.1, 0.15) is 0 Å². The number of alkyl halides is 6. The van der Waals surface area contributed by atoms with Gasteiger partial charge in [-0.3, -0.25) is 0 Å². The number of hydrogen-bond donors (Lipinski definition) is 0. The van der Waals surface area contributed by atoms with Gasteiger partial charge in [-0.25, -0.2) is 0 Å². The molecule has 2 aliphatic rings. The first-order valence-corrected chi connectivity index (χ1v) is 8.78. The van der Waals surface area contributed by atoms with Crippen molar-refractivity contribution < 1.29 is 35.8 Å². The van der Waals surface area contributed by atoms with Crippen LogP contribution >= 0.6 is 0 Å². The maximum atomic E-state index is 14.1. The molecule has 0 radical (unpaired) electrons. The van der Waals surface area contributed by atoms with Crippen LogP contribution < -0.4 is 0 Å². The maximum absolute atomic E-state index is 14.1. The number of hydrogen-bond acceptors (Lipinski definition) is 2. The van der Waals surface area contributed by atoms with Gasteiger partial charge in [-0.2, -0.15) is 26.3 Å². The van der Waals surface area contributed by atoms with E-state index in [0.717, 1.165) is 0 Å². The Morgan fingerprint density at radius 3 is 1.64 bits per heavy atom. The Morgan fingerprint density at radius 2 is 1.20 bits per heavy atom. The van der Waals surface area contributed by atoms with Gasteiger partial charge in [-0.05, 0) is 44.4 Å². The Hall–Kier alpha value is -0.500. The molecule has 0 heterocycles. The molecule has 8 heteroatoms. The quantitative estimate of drug-likeness (QED) is 0.603. The predicted molar refractivity (Wildman–Crippen MR) is 80.1 cm³/mol. The van der Waals surface area contributed by atoms with Crippen LogP contribution in [0.2, 0.25) is 0 Å². The largest absolute Gasteiger partial charge is 0.403 e. The average Bonchev–Trinajstić information content (AvgIpc) is 2.54. The Morgan fingerprint density at radius 1 is 0.680 bits per heavy atom. The summed E-state index contributed by atoms with van der Waals surface area (Å²) in [5.41, 5.74) is -3.71. The minimum Gasteiger partial charge on any atom is -0.381 e. The lowest BCUT2D eigenvalue weighted by atomic mass is 9.56. The number of ether oxygens (including phenoxy) is 2. The number of methoxy groups -OCH3 is 2. The monoisotopic (exact) mass is 376 g/mol. The molecule has 0 bridgehead atoms. The molecule has 2 nitrogen and oxygen atoms in total. The van der Waals surface area contributed by atoms with Crippen LogP contribution in [0.25, 0.3) is 0 Å². The van der Waals surface area contributed by atoms with E-state index >= 15 is 0 Å². The third-order valence-corrected chi connectivity index (χ3v) is 6.18. The SMILES string of the molecule is COC1CCC(C(C2CCCCC2OC)(C(F)(F)F)C(F)(F)F)CC1. The second kappa shape index (κ2) is 7.62. The van der Waals surface area contributed by atoms with E-state index < -0.39 is 35.7 Å². The molecule has 0 N–H and O–H groups in total. The fraction of sp³-hybridized carbons (Fsp3) is 1.00. The summed E-state index contributed by atoms with van der Waals surface area (Å²) in [6, 6.07) is 0. The van der Waals surface area contributed by atoms with Crippen LogP contribution in [-0.2, 0) is 9.47 Å². The Balaban J connectivity index is 2.50. The molecule has 25 heavy (non-hydrogen) atoms. The van der Waals surface area contributed by atoms with Crippen LogP contribution in [-0.4, -0.2) is 38.8 Å². The molecule has 0 aliphatic heterocycles. The van der Waals surface area contributed by atoms with E-state index in [0.29, 0.717) is 12.8 Å². The molecule has 0 aromatic rings. The highest BCUT2D eigenvalue weighted by Gasteiger charge is 2.77. The lowest BCUT2D eigenvalue weighted by molar-refractivity contribution is -0.389. The molecule has 0 aromatic carbocycles. The standard InChI is InChI=1S/C17H26F6O2/c1-24-12-9-7-11(8-10-12)15(16(18,19)20,17(21,22)23)13-5-3-4-6-14(13)25-2/h11-14H,3-10H2,1-2H3. The Labute approximate surface area is 144 Å². The van der Waals surface area contributed by atoms with Crippen LogP contribution in [0.5, 0.6) is 0 Å². The highest BCUT2D eigenvalue weighted by atomic mass is 19.4. The summed E-state index contributed by atoms with van der Waals surface area (Å²) in [6.45, 7) is 0. The summed E-state index contributed by atoms with van der Waals surface area (Å²) in [5, 5.41) is 0. The van der Waals surface area contributed by atoms with Crippen molar-refractivity contribution in [3.63, 3.8) is 0 Å². The molecule has 0 amide bonds. The first kappa shape index (κ1) is 20.8. The van der Waals surface area contributed by atoms with Crippen molar-refractivity contribution in [1.82, 2.24) is 0 Å². The first-order valence-electron chi connectivity index (χ1n) is 8.78. The van der Waals surface area contributed by atoms with Gasteiger partial charge in [0, 0.05) is 20.1 Å².